The van der Waals surface area contributed by atoms with Crippen LogP contribution in [0.5, 0.6) is 17.2 Å². The maximum absolute atomic E-state index is 14.5. The number of allylic oxidation sites excluding steroid dienone is 2. The number of methoxy groups -OCH3 is 1. The molecule has 0 aromatic heterocycles. The lowest BCUT2D eigenvalue weighted by Gasteiger charge is -2.49. The summed E-state index contributed by atoms with van der Waals surface area (Å²) in [5.41, 5.74) is 1.70. The van der Waals surface area contributed by atoms with Gasteiger partial charge in [0.2, 0.25) is 23.6 Å². The quantitative estimate of drug-likeness (QED) is 0.265. The van der Waals surface area contributed by atoms with E-state index in [2.05, 4.69) is 15.9 Å². The van der Waals surface area contributed by atoms with Gasteiger partial charge in [0.25, 0.3) is 0 Å². The Morgan fingerprint density at radius 1 is 0.935 bits per heavy atom. The van der Waals surface area contributed by atoms with Crippen LogP contribution in [0.4, 0.5) is 5.69 Å². The van der Waals surface area contributed by atoms with Crippen LogP contribution in [0.2, 0.25) is 0 Å². The summed E-state index contributed by atoms with van der Waals surface area (Å²) in [6.45, 7) is 2.04. The number of ether oxygens (including phenoxy) is 1. The largest absolute Gasteiger partial charge is 0.508 e. The number of carbonyl (C=O) groups is 4. The van der Waals surface area contributed by atoms with E-state index in [1.807, 2.05) is 19.1 Å². The number of para-hydroxylation sites is 1. The van der Waals surface area contributed by atoms with Crippen molar-refractivity contribution < 1.29 is 34.1 Å². The number of rotatable bonds is 6. The summed E-state index contributed by atoms with van der Waals surface area (Å²) in [5.74, 6) is -3.88. The fourth-order valence-corrected chi connectivity index (χ4v) is 8.78. The molecule has 0 bridgehead atoms. The summed E-state index contributed by atoms with van der Waals surface area (Å²) in [4.78, 5) is 59.3. The van der Waals surface area contributed by atoms with Crippen molar-refractivity contribution in [2.45, 2.75) is 32.1 Å². The molecule has 2 aliphatic heterocycles. The number of benzene rings is 3. The molecule has 46 heavy (non-hydrogen) atoms. The zero-order chi connectivity index (χ0) is 32.5. The van der Waals surface area contributed by atoms with Gasteiger partial charge in [0, 0.05) is 12.5 Å². The lowest BCUT2D eigenvalue weighted by molar-refractivity contribution is -0.140. The Kier molecular flexibility index (Phi) is 7.31. The highest BCUT2D eigenvalue weighted by atomic mass is 79.9. The van der Waals surface area contributed by atoms with Gasteiger partial charge in [-0.05, 0) is 95.6 Å². The number of hydrogen-bond acceptors (Lipinski definition) is 7. The van der Waals surface area contributed by atoms with Crippen LogP contribution in [-0.2, 0) is 25.6 Å². The highest BCUT2D eigenvalue weighted by molar-refractivity contribution is 9.10. The molecule has 10 heteroatoms. The molecule has 0 spiro atoms. The second-order valence-corrected chi connectivity index (χ2v) is 13.6. The Morgan fingerprint density at radius 2 is 1.65 bits per heavy atom. The summed E-state index contributed by atoms with van der Waals surface area (Å²) in [5, 5.41) is 20.3. The molecular weight excluding hydrogens is 652 g/mol. The number of fused-ring (bicyclic) bond motifs is 4. The summed E-state index contributed by atoms with van der Waals surface area (Å²) < 4.78 is 5.86. The summed E-state index contributed by atoms with van der Waals surface area (Å²) >= 11 is 3.44. The molecule has 3 aromatic rings. The predicted octanol–water partition coefficient (Wildman–Crippen LogP) is 5.34. The molecule has 9 nitrogen and oxygen atoms in total. The average molecular weight is 686 g/mol. The average Bonchev–Trinajstić information content (AvgIpc) is 3.41. The fourth-order valence-electron chi connectivity index (χ4n) is 8.32. The predicted molar refractivity (Wildman–Crippen MR) is 172 cm³/mol. The lowest BCUT2D eigenvalue weighted by atomic mass is 9.51. The summed E-state index contributed by atoms with van der Waals surface area (Å²) in [6, 6.07) is 19.0. The highest BCUT2D eigenvalue weighted by Crippen LogP contribution is 2.64. The molecule has 7 rings (SSSR count). The molecule has 2 aliphatic carbocycles. The van der Waals surface area contributed by atoms with Crippen LogP contribution in [-0.4, -0.2) is 52.4 Å². The zero-order valence-electron chi connectivity index (χ0n) is 25.4. The van der Waals surface area contributed by atoms with Crippen molar-refractivity contribution in [1.82, 2.24) is 4.90 Å². The molecule has 6 unspecified atom stereocenters. The fraction of sp³-hybridized carbons (Fsp3) is 0.333. The maximum Gasteiger partial charge on any atom is 0.241 e. The molecule has 236 valence electrons. The topological polar surface area (TPSA) is 124 Å². The number of anilines is 1. The van der Waals surface area contributed by atoms with Gasteiger partial charge in [-0.1, -0.05) is 42.0 Å². The van der Waals surface area contributed by atoms with E-state index in [0.717, 1.165) is 11.1 Å². The monoisotopic (exact) mass is 684 g/mol. The van der Waals surface area contributed by atoms with Crippen LogP contribution >= 0.6 is 15.9 Å². The number of aromatic hydroxyl groups is 2. The number of halogens is 1. The van der Waals surface area contributed by atoms with E-state index >= 15 is 0 Å². The van der Waals surface area contributed by atoms with Crippen LogP contribution in [0.15, 0.2) is 82.9 Å². The smallest absolute Gasteiger partial charge is 0.241 e. The Balaban J connectivity index is 1.31. The van der Waals surface area contributed by atoms with Crippen LogP contribution < -0.4 is 9.64 Å². The van der Waals surface area contributed by atoms with Gasteiger partial charge in [0.1, 0.15) is 5.75 Å². The van der Waals surface area contributed by atoms with Gasteiger partial charge >= 0.3 is 0 Å². The Labute approximate surface area is 274 Å². The lowest BCUT2D eigenvalue weighted by Crippen LogP contribution is -2.48. The van der Waals surface area contributed by atoms with Gasteiger partial charge in [0.15, 0.2) is 11.5 Å². The van der Waals surface area contributed by atoms with Crippen molar-refractivity contribution in [1.29, 1.82) is 0 Å². The SMILES string of the molecule is COc1cc(C2C3=CCC4C(=O)N(CCc5ccc(O)cc5)C(=O)C4C3CC3C(=O)N(c4ccccc4)C(=O)C32C)cc(Br)c1O. The van der Waals surface area contributed by atoms with Crippen molar-refractivity contribution >= 4 is 45.2 Å². The van der Waals surface area contributed by atoms with Crippen LogP contribution in [0, 0.1) is 29.1 Å². The van der Waals surface area contributed by atoms with E-state index in [9.17, 15) is 29.4 Å². The Bertz CT molecular complexity index is 1810. The number of carbonyl (C=O) groups excluding carboxylic acids is 4. The number of hydrogen-bond donors (Lipinski definition) is 2. The molecule has 2 N–H and O–H groups in total. The van der Waals surface area contributed by atoms with Gasteiger partial charge in [-0.25, -0.2) is 4.90 Å². The van der Waals surface area contributed by atoms with E-state index in [0.29, 0.717) is 28.6 Å². The van der Waals surface area contributed by atoms with Crippen LogP contribution in [0.25, 0.3) is 0 Å². The van der Waals surface area contributed by atoms with Gasteiger partial charge in [-0.15, -0.1) is 0 Å². The molecule has 3 fully saturated rings. The van der Waals surface area contributed by atoms with E-state index < -0.39 is 35.0 Å². The number of nitrogens with zero attached hydrogens (tertiary/aromatic N) is 2. The number of amides is 4. The van der Waals surface area contributed by atoms with Crippen molar-refractivity contribution in [3.63, 3.8) is 0 Å². The number of phenols is 2. The number of phenolic OH excluding ortho intramolecular Hbond substituents is 2. The van der Waals surface area contributed by atoms with Gasteiger partial charge in [0.05, 0.1) is 40.4 Å². The van der Waals surface area contributed by atoms with E-state index in [1.54, 1.807) is 60.7 Å². The first-order chi connectivity index (χ1) is 22.1. The Hall–Kier alpha value is -4.44. The maximum atomic E-state index is 14.5. The third-order valence-electron chi connectivity index (χ3n) is 10.5. The minimum Gasteiger partial charge on any atom is -0.508 e. The normalized spacial score (nSPS) is 28.6. The molecule has 4 aliphatic rings. The first-order valence-electron chi connectivity index (χ1n) is 15.4. The van der Waals surface area contributed by atoms with Crippen LogP contribution in [0.3, 0.4) is 0 Å². The van der Waals surface area contributed by atoms with Gasteiger partial charge < -0.3 is 14.9 Å². The number of imide groups is 2. The molecular formula is C36H33BrN2O7. The molecule has 6 atom stereocenters. The number of likely N-dealkylation sites (tertiary alicyclic amines) is 1. The summed E-state index contributed by atoms with van der Waals surface area (Å²) in [6.07, 6.45) is 3.05. The standard InChI is InChI=1S/C36H33BrN2O7/c1-36-26(33(43)39(35(36)45)21-6-4-3-5-7-21)18-25-23(30(36)20-16-27(37)31(41)28(17-20)46-2)12-13-24-29(25)34(44)38(32(24)42)15-14-19-8-10-22(40)11-9-19/h3-12,16-17,24-26,29-30,40-41H,13-15,18H2,1-2H3. The van der Waals surface area contributed by atoms with Gasteiger partial charge in [-0.2, -0.15) is 0 Å². The Morgan fingerprint density at radius 3 is 2.35 bits per heavy atom. The second kappa shape index (κ2) is 11.1. The van der Waals surface area contributed by atoms with E-state index in [1.165, 1.54) is 16.9 Å². The second-order valence-electron chi connectivity index (χ2n) is 12.8. The van der Waals surface area contributed by atoms with Crippen molar-refractivity contribution in [3.05, 3.63) is 94.0 Å². The minimum absolute atomic E-state index is 0.0847. The molecule has 3 aromatic carbocycles. The molecule has 2 heterocycles. The van der Waals surface area contributed by atoms with E-state index in [4.69, 9.17) is 4.74 Å². The van der Waals surface area contributed by atoms with Crippen molar-refractivity contribution in [3.8, 4) is 17.2 Å². The first kappa shape index (κ1) is 30.2. The third kappa shape index (κ3) is 4.40. The molecule has 1 saturated carbocycles. The zero-order valence-corrected chi connectivity index (χ0v) is 26.9. The molecule has 4 amide bonds. The minimum atomic E-state index is -1.20. The van der Waals surface area contributed by atoms with Gasteiger partial charge in [-0.3, -0.25) is 24.1 Å². The van der Waals surface area contributed by atoms with Crippen molar-refractivity contribution in [2.75, 3.05) is 18.6 Å². The van der Waals surface area contributed by atoms with Crippen LogP contribution in [0.1, 0.15) is 36.8 Å². The van der Waals surface area contributed by atoms with E-state index in [-0.39, 0.29) is 53.8 Å². The highest BCUT2D eigenvalue weighted by Gasteiger charge is 2.67. The summed E-state index contributed by atoms with van der Waals surface area (Å²) in [7, 11) is 1.45. The molecule has 0 radical (unpaired) electrons. The third-order valence-corrected chi connectivity index (χ3v) is 11.1. The first-order valence-corrected chi connectivity index (χ1v) is 16.2. The molecule has 2 saturated heterocycles. The van der Waals surface area contributed by atoms with Crippen molar-refractivity contribution in [2.24, 2.45) is 29.1 Å².